The molecule has 3 atom stereocenters. The third-order valence-corrected chi connectivity index (χ3v) is 3.71. The molecule has 0 amide bonds. The summed E-state index contributed by atoms with van der Waals surface area (Å²) in [6, 6.07) is 4.09. The fourth-order valence-electron chi connectivity index (χ4n) is 1.57. The van der Waals surface area contributed by atoms with Crippen LogP contribution in [0.1, 0.15) is 38.7 Å². The first-order valence-electron chi connectivity index (χ1n) is 5.20. The van der Waals surface area contributed by atoms with Crippen LogP contribution in [0.25, 0.3) is 0 Å². The maximum absolute atomic E-state index is 6.40. The van der Waals surface area contributed by atoms with Gasteiger partial charge in [-0.05, 0) is 29.5 Å². The third kappa shape index (κ3) is 2.71. The van der Waals surface area contributed by atoms with Gasteiger partial charge in [0.1, 0.15) is 0 Å². The molecule has 1 nitrogen and oxygen atoms in total. The average molecular weight is 212 g/mol. The van der Waals surface area contributed by atoms with E-state index < -0.39 is 0 Å². The molecule has 1 rings (SSSR count). The molecule has 0 aliphatic carbocycles. The first kappa shape index (κ1) is 11.5. The molecule has 1 aromatic heterocycles. The van der Waals surface area contributed by atoms with Crippen molar-refractivity contribution < 1.29 is 0 Å². The molecular weight excluding hydrogens is 194 g/mol. The molecule has 2 heteroatoms. The smallest absolute Gasteiger partial charge is 0.0427 e. The lowest BCUT2D eigenvalue weighted by atomic mass is 9.90. The zero-order valence-electron chi connectivity index (χ0n) is 9.07. The van der Waals surface area contributed by atoms with Crippen LogP contribution in [0, 0.1) is 5.92 Å². The minimum Gasteiger partial charge on any atom is -0.265 e. The van der Waals surface area contributed by atoms with Gasteiger partial charge in [-0.25, -0.2) is 0 Å². The lowest BCUT2D eigenvalue weighted by Crippen LogP contribution is -2.18. The molecular formula is C12H18ClN. The van der Waals surface area contributed by atoms with Gasteiger partial charge < -0.3 is 0 Å². The standard InChI is InChI=1S/C12H18ClN/c1-4-9(2)12(13)10(3)11-5-7-14-8-6-11/h5-10,12H,4H2,1-3H3. The maximum Gasteiger partial charge on any atom is 0.0427 e. The normalized spacial score (nSPS) is 17.4. The summed E-state index contributed by atoms with van der Waals surface area (Å²) in [6.45, 7) is 6.56. The second kappa shape index (κ2) is 5.35. The van der Waals surface area contributed by atoms with Crippen LogP contribution in [0.2, 0.25) is 0 Å². The van der Waals surface area contributed by atoms with Crippen molar-refractivity contribution in [3.63, 3.8) is 0 Å². The van der Waals surface area contributed by atoms with Gasteiger partial charge in [0.05, 0.1) is 0 Å². The van der Waals surface area contributed by atoms with Crippen LogP contribution in [0.15, 0.2) is 24.5 Å². The SMILES string of the molecule is CCC(C)C(Cl)C(C)c1ccncc1. The Morgan fingerprint density at radius 3 is 2.36 bits per heavy atom. The topological polar surface area (TPSA) is 12.9 Å². The Morgan fingerprint density at radius 1 is 1.29 bits per heavy atom. The summed E-state index contributed by atoms with van der Waals surface area (Å²) in [5.41, 5.74) is 1.28. The highest BCUT2D eigenvalue weighted by Crippen LogP contribution is 2.29. The van der Waals surface area contributed by atoms with Crippen LogP contribution in [-0.2, 0) is 0 Å². The van der Waals surface area contributed by atoms with E-state index >= 15 is 0 Å². The number of alkyl halides is 1. The number of rotatable bonds is 4. The summed E-state index contributed by atoms with van der Waals surface area (Å²) in [4.78, 5) is 4.01. The Labute approximate surface area is 91.5 Å². The molecule has 0 aliphatic heterocycles. The van der Waals surface area contributed by atoms with Crippen molar-refractivity contribution in [1.82, 2.24) is 4.98 Å². The minimum absolute atomic E-state index is 0.211. The Hall–Kier alpha value is -0.560. The molecule has 14 heavy (non-hydrogen) atoms. The van der Waals surface area contributed by atoms with E-state index in [1.807, 2.05) is 24.5 Å². The van der Waals surface area contributed by atoms with Crippen LogP contribution >= 0.6 is 11.6 Å². The zero-order chi connectivity index (χ0) is 10.6. The Kier molecular flexibility index (Phi) is 4.40. The first-order chi connectivity index (χ1) is 6.66. The number of halogens is 1. The molecule has 3 unspecified atom stereocenters. The number of pyridine rings is 1. The van der Waals surface area contributed by atoms with Crippen molar-refractivity contribution in [2.24, 2.45) is 5.92 Å². The highest BCUT2D eigenvalue weighted by Gasteiger charge is 2.21. The lowest BCUT2D eigenvalue weighted by Gasteiger charge is -2.23. The highest BCUT2D eigenvalue weighted by atomic mass is 35.5. The summed E-state index contributed by atoms with van der Waals surface area (Å²) < 4.78 is 0. The van der Waals surface area contributed by atoms with E-state index in [-0.39, 0.29) is 5.38 Å². The van der Waals surface area contributed by atoms with Gasteiger partial charge in [0.2, 0.25) is 0 Å². The summed E-state index contributed by atoms with van der Waals surface area (Å²) in [6.07, 6.45) is 4.78. The highest BCUT2D eigenvalue weighted by molar-refractivity contribution is 6.21. The molecule has 78 valence electrons. The largest absolute Gasteiger partial charge is 0.265 e. The van der Waals surface area contributed by atoms with Gasteiger partial charge in [-0.15, -0.1) is 11.6 Å². The van der Waals surface area contributed by atoms with E-state index in [4.69, 9.17) is 11.6 Å². The molecule has 0 radical (unpaired) electrons. The van der Waals surface area contributed by atoms with Crippen LogP contribution in [0.3, 0.4) is 0 Å². The van der Waals surface area contributed by atoms with Gasteiger partial charge in [0, 0.05) is 17.8 Å². The average Bonchev–Trinajstić information content (AvgIpc) is 2.27. The van der Waals surface area contributed by atoms with Crippen molar-refractivity contribution in [3.05, 3.63) is 30.1 Å². The molecule has 0 aliphatic rings. The van der Waals surface area contributed by atoms with Crippen molar-refractivity contribution in [2.45, 2.75) is 38.5 Å². The summed E-state index contributed by atoms with van der Waals surface area (Å²) in [7, 11) is 0. The van der Waals surface area contributed by atoms with Crippen LogP contribution in [0.5, 0.6) is 0 Å². The van der Waals surface area contributed by atoms with E-state index in [2.05, 4.69) is 25.8 Å². The Morgan fingerprint density at radius 2 is 1.86 bits per heavy atom. The molecule has 0 aromatic carbocycles. The number of nitrogens with zero attached hydrogens (tertiary/aromatic N) is 1. The van der Waals surface area contributed by atoms with Crippen LogP contribution in [0.4, 0.5) is 0 Å². The fourth-order valence-corrected chi connectivity index (χ4v) is 1.89. The number of hydrogen-bond acceptors (Lipinski definition) is 1. The zero-order valence-corrected chi connectivity index (χ0v) is 9.83. The van der Waals surface area contributed by atoms with Crippen LogP contribution in [-0.4, -0.2) is 10.4 Å². The minimum atomic E-state index is 0.211. The van der Waals surface area contributed by atoms with E-state index in [0.717, 1.165) is 6.42 Å². The molecule has 1 aromatic rings. The molecule has 0 saturated heterocycles. The lowest BCUT2D eigenvalue weighted by molar-refractivity contribution is 0.480. The van der Waals surface area contributed by atoms with Crippen molar-refractivity contribution in [3.8, 4) is 0 Å². The van der Waals surface area contributed by atoms with E-state index in [1.165, 1.54) is 5.56 Å². The maximum atomic E-state index is 6.40. The molecule has 0 fully saturated rings. The quantitative estimate of drug-likeness (QED) is 0.690. The molecule has 0 saturated carbocycles. The fraction of sp³-hybridized carbons (Fsp3) is 0.583. The molecule has 0 N–H and O–H groups in total. The van der Waals surface area contributed by atoms with Crippen molar-refractivity contribution in [2.75, 3.05) is 0 Å². The van der Waals surface area contributed by atoms with Crippen molar-refractivity contribution in [1.29, 1.82) is 0 Å². The van der Waals surface area contributed by atoms with Crippen LogP contribution < -0.4 is 0 Å². The van der Waals surface area contributed by atoms with Gasteiger partial charge in [0.25, 0.3) is 0 Å². The third-order valence-electron chi connectivity index (χ3n) is 2.90. The van der Waals surface area contributed by atoms with Gasteiger partial charge >= 0.3 is 0 Å². The van der Waals surface area contributed by atoms with Crippen molar-refractivity contribution >= 4 is 11.6 Å². The van der Waals surface area contributed by atoms with Gasteiger partial charge in [-0.1, -0.05) is 27.2 Å². The first-order valence-corrected chi connectivity index (χ1v) is 5.64. The monoisotopic (exact) mass is 211 g/mol. The van der Waals surface area contributed by atoms with Gasteiger partial charge in [-0.2, -0.15) is 0 Å². The number of hydrogen-bond donors (Lipinski definition) is 0. The Balaban J connectivity index is 2.70. The summed E-state index contributed by atoms with van der Waals surface area (Å²) in [5, 5.41) is 0.211. The summed E-state index contributed by atoms with van der Waals surface area (Å²) in [5.74, 6) is 0.953. The van der Waals surface area contributed by atoms with E-state index in [9.17, 15) is 0 Å². The molecule has 0 spiro atoms. The van der Waals surface area contributed by atoms with Gasteiger partial charge in [-0.3, -0.25) is 4.98 Å². The van der Waals surface area contributed by atoms with E-state index in [1.54, 1.807) is 0 Å². The Bertz CT molecular complexity index is 260. The molecule has 0 bridgehead atoms. The van der Waals surface area contributed by atoms with Gasteiger partial charge in [0.15, 0.2) is 0 Å². The second-order valence-electron chi connectivity index (χ2n) is 3.90. The number of aromatic nitrogens is 1. The predicted molar refractivity (Wildman–Crippen MR) is 61.7 cm³/mol. The summed E-state index contributed by atoms with van der Waals surface area (Å²) >= 11 is 6.40. The predicted octanol–water partition coefficient (Wildman–Crippen LogP) is 3.84. The van der Waals surface area contributed by atoms with E-state index in [0.29, 0.717) is 11.8 Å². The molecule has 1 heterocycles. The second-order valence-corrected chi connectivity index (χ2v) is 4.40.